The Bertz CT molecular complexity index is 1780. The zero-order valence-corrected chi connectivity index (χ0v) is 54.1. The lowest BCUT2D eigenvalue weighted by molar-refractivity contribution is -0.870. The van der Waals surface area contributed by atoms with Gasteiger partial charge < -0.3 is 28.5 Å². The van der Waals surface area contributed by atoms with E-state index in [1.54, 1.807) is 0 Å². The molecule has 0 radical (unpaired) electrons. The molecule has 0 spiro atoms. The summed E-state index contributed by atoms with van der Waals surface area (Å²) in [6.07, 6.45) is 87.2. The number of carbonyl (C=O) groups excluding carboxylic acids is 2. The second-order valence-corrected chi connectivity index (χ2v) is 23.4. The van der Waals surface area contributed by atoms with Crippen LogP contribution in [0.5, 0.6) is 0 Å². The maximum atomic E-state index is 12.9. The highest BCUT2D eigenvalue weighted by atomic mass is 16.7. The lowest BCUT2D eigenvalue weighted by Crippen LogP contribution is -2.40. The number of rotatable bonds is 61. The Balaban J connectivity index is 4.15. The summed E-state index contributed by atoms with van der Waals surface area (Å²) >= 11 is 0. The molecule has 0 aromatic carbocycles. The van der Waals surface area contributed by atoms with Gasteiger partial charge in [-0.2, -0.15) is 0 Å². The van der Waals surface area contributed by atoms with Crippen molar-refractivity contribution in [1.82, 2.24) is 0 Å². The average molecular weight is 1160 g/mol. The molecule has 0 saturated carbocycles. The Morgan fingerprint density at radius 1 is 0.361 bits per heavy atom. The van der Waals surface area contributed by atoms with Gasteiger partial charge in [-0.25, -0.2) is 4.79 Å². The second-order valence-electron chi connectivity index (χ2n) is 23.4. The highest BCUT2D eigenvalue weighted by molar-refractivity contribution is 5.71. The van der Waals surface area contributed by atoms with Crippen molar-refractivity contribution in [1.29, 1.82) is 0 Å². The van der Waals surface area contributed by atoms with Crippen molar-refractivity contribution in [3.05, 3.63) is 122 Å². The lowest BCUT2D eigenvalue weighted by atomic mass is 10.0. The van der Waals surface area contributed by atoms with Crippen LogP contribution in [0.15, 0.2) is 122 Å². The fraction of sp³-hybridized carbons (Fsp3) is 0.689. The Morgan fingerprint density at radius 3 is 0.964 bits per heavy atom. The zero-order valence-electron chi connectivity index (χ0n) is 54.1. The summed E-state index contributed by atoms with van der Waals surface area (Å²) < 4.78 is 23.0. The van der Waals surface area contributed by atoms with Crippen molar-refractivity contribution in [3.63, 3.8) is 0 Å². The molecule has 0 aliphatic heterocycles. The number of esters is 2. The Kier molecular flexibility index (Phi) is 60.4. The Hall–Kier alpha value is -4.31. The fourth-order valence-electron chi connectivity index (χ4n) is 9.13. The first-order valence-electron chi connectivity index (χ1n) is 33.7. The van der Waals surface area contributed by atoms with Gasteiger partial charge in [0, 0.05) is 12.8 Å². The third-order valence-electron chi connectivity index (χ3n) is 14.2. The molecule has 0 aromatic rings. The molecule has 0 aliphatic carbocycles. The number of ether oxygens (including phenoxy) is 4. The molecule has 0 heterocycles. The van der Waals surface area contributed by atoms with Crippen molar-refractivity contribution in [2.45, 2.75) is 283 Å². The van der Waals surface area contributed by atoms with Gasteiger partial charge in [0.2, 0.25) is 0 Å². The van der Waals surface area contributed by atoms with Gasteiger partial charge in [-0.1, -0.05) is 277 Å². The van der Waals surface area contributed by atoms with E-state index in [1.807, 2.05) is 21.1 Å². The minimum Gasteiger partial charge on any atom is -0.477 e. The number of quaternary nitrogens is 1. The quantitative estimate of drug-likeness (QED) is 0.0211. The van der Waals surface area contributed by atoms with Crippen LogP contribution >= 0.6 is 0 Å². The number of nitrogens with zero attached hydrogens (tertiary/aromatic N) is 1. The van der Waals surface area contributed by atoms with Crippen LogP contribution in [-0.2, 0) is 33.3 Å². The number of likely N-dealkylation sites (N-methyl/N-ethyl adjacent to an activating group) is 1. The summed E-state index contributed by atoms with van der Waals surface area (Å²) in [5, 5.41) is 9.74. The van der Waals surface area contributed by atoms with Gasteiger partial charge in [0.15, 0.2) is 6.10 Å². The SMILES string of the molecule is CC/C=C\C/C=C\C/C=C\C/C=C\C/C=C\CCCCCCCCCCCCCCCCCCCC(=O)OC(COC(=O)CCCCCCCCCCC/C=C\C/C=C\C/C=C\C/C=C\C/C=C\CC)COC(OCC[N+](C)(C)C)C(=O)O. The van der Waals surface area contributed by atoms with Crippen LogP contribution in [0.3, 0.4) is 0 Å². The maximum absolute atomic E-state index is 12.9. The maximum Gasteiger partial charge on any atom is 0.361 e. The van der Waals surface area contributed by atoms with Gasteiger partial charge in [-0.3, -0.25) is 9.59 Å². The predicted octanol–water partition coefficient (Wildman–Crippen LogP) is 20.8. The van der Waals surface area contributed by atoms with Crippen molar-refractivity contribution in [2.75, 3.05) is 47.5 Å². The molecule has 1 N–H and O–H groups in total. The van der Waals surface area contributed by atoms with Crippen LogP contribution in [-0.4, -0.2) is 87.4 Å². The first-order chi connectivity index (χ1) is 40.6. The lowest BCUT2D eigenvalue weighted by Gasteiger charge is -2.25. The van der Waals surface area contributed by atoms with Gasteiger partial charge in [0.25, 0.3) is 6.29 Å². The largest absolute Gasteiger partial charge is 0.477 e. The summed E-state index contributed by atoms with van der Waals surface area (Å²) in [5.41, 5.74) is 0. The van der Waals surface area contributed by atoms with Crippen LogP contribution in [0.25, 0.3) is 0 Å². The van der Waals surface area contributed by atoms with Crippen molar-refractivity contribution < 1.29 is 42.9 Å². The van der Waals surface area contributed by atoms with E-state index in [-0.39, 0.29) is 38.6 Å². The van der Waals surface area contributed by atoms with Gasteiger partial charge in [-0.05, 0) is 103 Å². The Labute approximate surface area is 510 Å². The number of carboxylic acids is 1. The molecular formula is C74H126NO8+. The number of unbranched alkanes of at least 4 members (excludes halogenated alkanes) is 26. The van der Waals surface area contributed by atoms with E-state index in [0.717, 1.165) is 116 Å². The first-order valence-corrected chi connectivity index (χ1v) is 33.7. The molecule has 9 nitrogen and oxygen atoms in total. The molecule has 0 aromatic heterocycles. The molecule has 0 amide bonds. The first kappa shape index (κ1) is 78.7. The molecular weight excluding hydrogens is 1030 g/mol. The van der Waals surface area contributed by atoms with Crippen molar-refractivity contribution in [2.24, 2.45) is 0 Å². The van der Waals surface area contributed by atoms with Crippen LogP contribution in [0.4, 0.5) is 0 Å². The number of carbonyl (C=O) groups is 3. The van der Waals surface area contributed by atoms with Crippen LogP contribution in [0.1, 0.15) is 271 Å². The summed E-state index contributed by atoms with van der Waals surface area (Å²) in [5.74, 6) is -2.01. The van der Waals surface area contributed by atoms with Gasteiger partial charge >= 0.3 is 17.9 Å². The molecule has 0 rings (SSSR count). The van der Waals surface area contributed by atoms with E-state index >= 15 is 0 Å². The standard InChI is InChI=1S/C74H125NO8/c1-6-8-10-12-14-16-18-20-22-24-26-28-30-32-33-34-35-36-37-38-39-41-43-45-47-49-51-53-55-57-59-61-63-65-72(77)83-70(69-82-74(73(78)79)80-67-66-75(3,4)5)68-81-71(76)64-62-60-58-56-54-52-50-48-46-44-42-40-31-29-27-25-23-21-19-17-15-13-11-9-7-2/h8-11,14-17,20-23,26-29,32-33,40,42,70,74H,6-7,12-13,18-19,24-25,30-31,34-39,41,43-69H2,1-5H3/p+1/b10-8-,11-9-,16-14-,17-15-,22-20-,23-21-,28-26-,29-27-,33-32-,42-40-. The van der Waals surface area contributed by atoms with Gasteiger partial charge in [0.1, 0.15) is 13.2 Å². The third kappa shape index (κ3) is 65.1. The topological polar surface area (TPSA) is 108 Å². The molecule has 83 heavy (non-hydrogen) atoms. The summed E-state index contributed by atoms with van der Waals surface area (Å²) in [4.78, 5) is 37.6. The molecule has 9 heteroatoms. The van der Waals surface area contributed by atoms with Crippen LogP contribution in [0.2, 0.25) is 0 Å². The molecule has 2 atom stereocenters. The predicted molar refractivity (Wildman–Crippen MR) is 354 cm³/mol. The highest BCUT2D eigenvalue weighted by Crippen LogP contribution is 2.17. The second kappa shape index (κ2) is 63.7. The van der Waals surface area contributed by atoms with Crippen LogP contribution < -0.4 is 0 Å². The van der Waals surface area contributed by atoms with Crippen molar-refractivity contribution in [3.8, 4) is 0 Å². The third-order valence-corrected chi connectivity index (χ3v) is 14.2. The smallest absolute Gasteiger partial charge is 0.361 e. The van der Waals surface area contributed by atoms with E-state index in [1.165, 1.54) is 128 Å². The average Bonchev–Trinajstić information content (AvgIpc) is 3.46. The molecule has 0 fully saturated rings. The minimum absolute atomic E-state index is 0.182. The zero-order chi connectivity index (χ0) is 60.5. The molecule has 474 valence electrons. The number of hydrogen-bond acceptors (Lipinski definition) is 7. The van der Waals surface area contributed by atoms with E-state index in [0.29, 0.717) is 11.0 Å². The number of hydrogen-bond donors (Lipinski definition) is 1. The molecule has 0 bridgehead atoms. The summed E-state index contributed by atoms with van der Waals surface area (Å²) in [7, 11) is 5.97. The monoisotopic (exact) mass is 1160 g/mol. The highest BCUT2D eigenvalue weighted by Gasteiger charge is 2.25. The molecule has 2 unspecified atom stereocenters. The van der Waals surface area contributed by atoms with E-state index in [2.05, 4.69) is 135 Å². The van der Waals surface area contributed by atoms with Crippen LogP contribution in [0, 0.1) is 0 Å². The number of carboxylic acid groups (broad SMARTS) is 1. The minimum atomic E-state index is -1.52. The summed E-state index contributed by atoms with van der Waals surface area (Å²) in [6, 6.07) is 0. The summed E-state index contributed by atoms with van der Waals surface area (Å²) in [6.45, 7) is 4.65. The molecule has 0 aliphatic rings. The van der Waals surface area contributed by atoms with E-state index in [9.17, 15) is 19.5 Å². The van der Waals surface area contributed by atoms with Gasteiger partial charge in [-0.15, -0.1) is 0 Å². The normalized spacial score (nSPS) is 13.5. The van der Waals surface area contributed by atoms with Crippen molar-refractivity contribution >= 4 is 17.9 Å². The van der Waals surface area contributed by atoms with E-state index in [4.69, 9.17) is 18.9 Å². The number of aliphatic carboxylic acids is 1. The van der Waals surface area contributed by atoms with E-state index < -0.39 is 24.3 Å². The Morgan fingerprint density at radius 2 is 0.651 bits per heavy atom. The molecule has 0 saturated heterocycles. The fourth-order valence-corrected chi connectivity index (χ4v) is 9.13. The number of allylic oxidation sites excluding steroid dienone is 20. The van der Waals surface area contributed by atoms with Gasteiger partial charge in [0.05, 0.1) is 34.4 Å².